The Balaban J connectivity index is 2.73. The van der Waals surface area contributed by atoms with Gasteiger partial charge in [-0.3, -0.25) is 9.10 Å². The minimum absolute atomic E-state index is 0.200. The van der Waals surface area contributed by atoms with Crippen LogP contribution in [-0.2, 0) is 10.0 Å². The topological polar surface area (TPSA) is 57.7 Å². The number of hydrogen-bond donors (Lipinski definition) is 0. The maximum Gasteiger partial charge on any atom is 0.269 e. The SMILES string of the molecule is CN(C)/C=C1\C(=O)c2ccccc2N(C)S1(=O)=O. The van der Waals surface area contributed by atoms with Gasteiger partial charge in [0.25, 0.3) is 10.0 Å². The van der Waals surface area contributed by atoms with Gasteiger partial charge in [-0.05, 0) is 12.1 Å². The van der Waals surface area contributed by atoms with Crippen LogP contribution in [0.1, 0.15) is 10.4 Å². The zero-order valence-corrected chi connectivity index (χ0v) is 11.2. The van der Waals surface area contributed by atoms with Crippen LogP contribution < -0.4 is 4.31 Å². The van der Waals surface area contributed by atoms with Gasteiger partial charge >= 0.3 is 0 Å². The average molecular weight is 266 g/mol. The fourth-order valence-electron chi connectivity index (χ4n) is 1.83. The molecule has 0 aromatic heterocycles. The zero-order chi connectivity index (χ0) is 13.5. The molecule has 96 valence electrons. The Kier molecular flexibility index (Phi) is 2.90. The smallest absolute Gasteiger partial charge is 0.269 e. The largest absolute Gasteiger partial charge is 0.382 e. The maximum absolute atomic E-state index is 12.2. The van der Waals surface area contributed by atoms with Gasteiger partial charge in [0.05, 0.1) is 5.69 Å². The highest BCUT2D eigenvalue weighted by Crippen LogP contribution is 2.33. The Morgan fingerprint density at radius 2 is 1.83 bits per heavy atom. The molecule has 0 saturated heterocycles. The number of anilines is 1. The molecule has 1 aromatic rings. The first-order valence-corrected chi connectivity index (χ1v) is 6.80. The number of nitrogens with zero attached hydrogens (tertiary/aromatic N) is 2. The Hall–Kier alpha value is -1.82. The number of sulfonamides is 1. The summed E-state index contributed by atoms with van der Waals surface area (Å²) in [6, 6.07) is 6.68. The van der Waals surface area contributed by atoms with Gasteiger partial charge in [0.1, 0.15) is 0 Å². The lowest BCUT2D eigenvalue weighted by molar-refractivity contribution is 0.104. The molecule has 0 bridgehead atoms. The molecule has 0 fully saturated rings. The van der Waals surface area contributed by atoms with Crippen molar-refractivity contribution in [3.63, 3.8) is 0 Å². The summed E-state index contributed by atoms with van der Waals surface area (Å²) >= 11 is 0. The molecule has 1 aliphatic rings. The molecule has 1 aliphatic heterocycles. The van der Waals surface area contributed by atoms with Gasteiger partial charge in [0.2, 0.25) is 5.78 Å². The third-order valence-corrected chi connectivity index (χ3v) is 4.49. The van der Waals surface area contributed by atoms with Gasteiger partial charge in [-0.1, -0.05) is 12.1 Å². The summed E-state index contributed by atoms with van der Waals surface area (Å²) in [5.74, 6) is -0.461. The number of hydrogen-bond acceptors (Lipinski definition) is 4. The Bertz CT molecular complexity index is 632. The number of fused-ring (bicyclic) bond motifs is 1. The summed E-state index contributed by atoms with van der Waals surface area (Å²) in [4.78, 5) is 13.6. The Morgan fingerprint density at radius 1 is 1.22 bits per heavy atom. The second kappa shape index (κ2) is 4.13. The van der Waals surface area contributed by atoms with Crippen LogP contribution in [0.5, 0.6) is 0 Å². The Morgan fingerprint density at radius 3 is 2.44 bits per heavy atom. The number of carbonyl (C=O) groups is 1. The van der Waals surface area contributed by atoms with Gasteiger partial charge in [-0.25, -0.2) is 8.42 Å². The number of ketones is 1. The van der Waals surface area contributed by atoms with Crippen LogP contribution in [-0.4, -0.2) is 40.2 Å². The Labute approximate surface area is 106 Å². The minimum Gasteiger partial charge on any atom is -0.382 e. The monoisotopic (exact) mass is 266 g/mol. The van der Waals surface area contributed by atoms with E-state index < -0.39 is 15.8 Å². The standard InChI is InChI=1S/C12H14N2O3S/c1-13(2)8-11-12(15)9-6-4-5-7-10(9)14(3)18(11,16)17/h4-8H,1-3H3/b11-8+. The van der Waals surface area contributed by atoms with Crippen LogP contribution in [0.3, 0.4) is 0 Å². The van der Waals surface area contributed by atoms with E-state index in [4.69, 9.17) is 0 Å². The van der Waals surface area contributed by atoms with Crippen molar-refractivity contribution >= 4 is 21.5 Å². The van der Waals surface area contributed by atoms with E-state index in [0.29, 0.717) is 11.3 Å². The number of Topliss-reactive ketones (excluding diaryl/α,β-unsaturated/α-hetero) is 1. The normalized spacial score (nSPS) is 19.8. The minimum atomic E-state index is -3.76. The summed E-state index contributed by atoms with van der Waals surface area (Å²) in [6.07, 6.45) is 1.34. The maximum atomic E-state index is 12.2. The van der Waals surface area contributed by atoms with E-state index >= 15 is 0 Å². The van der Waals surface area contributed by atoms with Gasteiger partial charge in [0.15, 0.2) is 4.91 Å². The third-order valence-electron chi connectivity index (χ3n) is 2.73. The lowest BCUT2D eigenvalue weighted by atomic mass is 10.1. The van der Waals surface area contributed by atoms with Crippen LogP contribution in [0.2, 0.25) is 0 Å². The second-order valence-electron chi connectivity index (χ2n) is 4.28. The van der Waals surface area contributed by atoms with Gasteiger partial charge in [0, 0.05) is 32.9 Å². The van der Waals surface area contributed by atoms with Crippen LogP contribution in [0, 0.1) is 0 Å². The fraction of sp³-hybridized carbons (Fsp3) is 0.250. The van der Waals surface area contributed by atoms with E-state index in [1.807, 2.05) is 0 Å². The van der Waals surface area contributed by atoms with Gasteiger partial charge in [-0.15, -0.1) is 0 Å². The molecule has 0 unspecified atom stereocenters. The fourth-order valence-corrected chi connectivity index (χ4v) is 3.23. The number of rotatable bonds is 1. The number of benzene rings is 1. The summed E-state index contributed by atoms with van der Waals surface area (Å²) in [7, 11) is 1.05. The van der Waals surface area contributed by atoms with Crippen LogP contribution in [0.4, 0.5) is 5.69 Å². The van der Waals surface area contributed by atoms with Crippen molar-refractivity contribution in [3.05, 3.63) is 40.9 Å². The first kappa shape index (κ1) is 12.6. The summed E-state index contributed by atoms with van der Waals surface area (Å²) in [5, 5.41) is 0. The quantitative estimate of drug-likeness (QED) is 0.713. The van der Waals surface area contributed by atoms with Crippen molar-refractivity contribution in [1.29, 1.82) is 0 Å². The third kappa shape index (κ3) is 1.78. The molecule has 0 atom stereocenters. The highest BCUT2D eigenvalue weighted by Gasteiger charge is 2.37. The van der Waals surface area contributed by atoms with Crippen molar-refractivity contribution in [3.8, 4) is 0 Å². The molecule has 0 radical (unpaired) electrons. The van der Waals surface area contributed by atoms with Crippen LogP contribution >= 0.6 is 0 Å². The summed E-state index contributed by atoms with van der Waals surface area (Å²) in [5.41, 5.74) is 0.821. The lowest BCUT2D eigenvalue weighted by Crippen LogP contribution is -2.37. The van der Waals surface area contributed by atoms with E-state index in [9.17, 15) is 13.2 Å². The van der Waals surface area contributed by atoms with Crippen LogP contribution in [0.25, 0.3) is 0 Å². The van der Waals surface area contributed by atoms with E-state index in [1.54, 1.807) is 43.3 Å². The molecule has 5 nitrogen and oxygen atoms in total. The second-order valence-corrected chi connectivity index (χ2v) is 6.21. The van der Waals surface area contributed by atoms with Crippen molar-refractivity contribution in [2.45, 2.75) is 0 Å². The van der Waals surface area contributed by atoms with Crippen molar-refractivity contribution in [2.24, 2.45) is 0 Å². The number of carbonyl (C=O) groups excluding carboxylic acids is 1. The molecule has 0 N–H and O–H groups in total. The molecule has 0 saturated carbocycles. The number of allylic oxidation sites excluding steroid dienone is 1. The van der Waals surface area contributed by atoms with E-state index in [2.05, 4.69) is 0 Å². The predicted molar refractivity (Wildman–Crippen MR) is 69.9 cm³/mol. The molecule has 6 heteroatoms. The predicted octanol–water partition coefficient (Wildman–Crippen LogP) is 1.05. The molecule has 1 heterocycles. The van der Waals surface area contributed by atoms with E-state index in [0.717, 1.165) is 4.31 Å². The molecular weight excluding hydrogens is 252 g/mol. The summed E-state index contributed by atoms with van der Waals surface area (Å²) in [6.45, 7) is 0. The number of para-hydroxylation sites is 1. The highest BCUT2D eigenvalue weighted by atomic mass is 32.2. The van der Waals surface area contributed by atoms with Crippen molar-refractivity contribution < 1.29 is 13.2 Å². The zero-order valence-electron chi connectivity index (χ0n) is 10.4. The molecule has 18 heavy (non-hydrogen) atoms. The molecule has 2 rings (SSSR count). The van der Waals surface area contributed by atoms with Gasteiger partial charge in [-0.2, -0.15) is 0 Å². The summed E-state index contributed by atoms with van der Waals surface area (Å²) < 4.78 is 25.6. The first-order valence-electron chi connectivity index (χ1n) is 5.36. The molecule has 0 spiro atoms. The first-order chi connectivity index (χ1) is 8.35. The van der Waals surface area contributed by atoms with Crippen LogP contribution in [0.15, 0.2) is 35.4 Å². The van der Waals surface area contributed by atoms with Gasteiger partial charge < -0.3 is 4.90 Å². The van der Waals surface area contributed by atoms with E-state index in [-0.39, 0.29) is 4.91 Å². The van der Waals surface area contributed by atoms with Crippen molar-refractivity contribution in [2.75, 3.05) is 25.4 Å². The average Bonchev–Trinajstić information content (AvgIpc) is 2.32. The molecule has 0 amide bonds. The highest BCUT2D eigenvalue weighted by molar-refractivity contribution is 7.97. The van der Waals surface area contributed by atoms with E-state index in [1.165, 1.54) is 13.2 Å². The lowest BCUT2D eigenvalue weighted by Gasteiger charge is -2.28. The molecular formula is C12H14N2O3S. The van der Waals surface area contributed by atoms with Crippen molar-refractivity contribution in [1.82, 2.24) is 4.90 Å². The molecule has 0 aliphatic carbocycles. The molecule has 1 aromatic carbocycles.